The van der Waals surface area contributed by atoms with Gasteiger partial charge in [-0.25, -0.2) is 0 Å². The Hall–Kier alpha value is -6.20. The van der Waals surface area contributed by atoms with Crippen LogP contribution >= 0.6 is 0 Å². The fraction of sp³-hybridized carbons (Fsp3) is 0.548. The van der Waals surface area contributed by atoms with Crippen molar-refractivity contribution >= 4 is 23.6 Å². The first kappa shape index (κ1) is 64.3. The normalized spacial score (nSPS) is 12.0. The molecule has 0 saturated heterocycles. The lowest BCUT2D eigenvalue weighted by molar-refractivity contribution is -0.123. The van der Waals surface area contributed by atoms with Gasteiger partial charge in [-0.1, -0.05) is 139 Å². The van der Waals surface area contributed by atoms with Gasteiger partial charge in [0, 0.05) is 71.6 Å². The van der Waals surface area contributed by atoms with Crippen LogP contribution in [0.15, 0.2) is 48.5 Å². The van der Waals surface area contributed by atoms with Crippen molar-refractivity contribution in [1.29, 1.82) is 0 Å². The van der Waals surface area contributed by atoms with Gasteiger partial charge in [0.2, 0.25) is 0 Å². The molecule has 4 aromatic rings. The highest BCUT2D eigenvalue weighted by molar-refractivity contribution is 5.79. The van der Waals surface area contributed by atoms with Gasteiger partial charge in [-0.15, -0.1) is 0 Å². The number of nitrogens with one attached hydrogen (secondary N) is 4. The molecule has 4 aromatic carbocycles. The predicted molar refractivity (Wildman–Crippen MR) is 313 cm³/mol. The van der Waals surface area contributed by atoms with E-state index in [0.717, 1.165) is 66.8 Å². The highest BCUT2D eigenvalue weighted by atomic mass is 16.5. The molecule has 0 atom stereocenters. The number of benzene rings is 4. The molecule has 78 heavy (non-hydrogen) atoms. The van der Waals surface area contributed by atoms with E-state index in [1.807, 2.05) is 6.92 Å². The van der Waals surface area contributed by atoms with Crippen LogP contribution < -0.4 is 63.1 Å². The van der Waals surface area contributed by atoms with Gasteiger partial charge in [0.25, 0.3) is 23.6 Å². The molecular formula is C62H94N8O8. The molecule has 4 amide bonds. The molecule has 0 saturated carbocycles. The number of rotatable bonds is 27. The Bertz CT molecular complexity index is 2690. The van der Waals surface area contributed by atoms with Gasteiger partial charge in [-0.2, -0.15) is 0 Å². The van der Waals surface area contributed by atoms with E-state index in [1.165, 1.54) is 0 Å². The van der Waals surface area contributed by atoms with Gasteiger partial charge >= 0.3 is 0 Å². The molecule has 0 aliphatic carbocycles. The molecule has 0 spiro atoms. The molecule has 4 rings (SSSR count). The van der Waals surface area contributed by atoms with Gasteiger partial charge in [0.1, 0.15) is 23.0 Å². The van der Waals surface area contributed by atoms with Crippen molar-refractivity contribution < 1.29 is 38.1 Å². The average molecular weight is 1080 g/mol. The van der Waals surface area contributed by atoms with Crippen LogP contribution in [0.4, 0.5) is 0 Å². The SMILES string of the molecule is CCc1cc(C(C)(C)C)cc(Cc2cc(C(C)(C)C)cc(Cc3cc(C(C)(C)C)cc(Cc4cc(C(C)(C)C)cc(C)c4OCC(=O)NCCN)c3OCC(=O)NCCN)c2OCC(=O)NCCN)c1OCC(=O)NCCN. The lowest BCUT2D eigenvalue weighted by Crippen LogP contribution is -2.33. The van der Waals surface area contributed by atoms with Crippen molar-refractivity contribution in [2.45, 2.75) is 144 Å². The summed E-state index contributed by atoms with van der Waals surface area (Å²) in [5, 5.41) is 11.3. The summed E-state index contributed by atoms with van der Waals surface area (Å²) in [5.41, 5.74) is 32.7. The Balaban J connectivity index is 2.14. The van der Waals surface area contributed by atoms with E-state index in [-0.39, 0.29) is 104 Å². The maximum atomic E-state index is 13.5. The van der Waals surface area contributed by atoms with Crippen LogP contribution in [-0.4, -0.2) is 102 Å². The van der Waals surface area contributed by atoms with Crippen molar-refractivity contribution in [2.75, 3.05) is 78.8 Å². The molecular weight excluding hydrogens is 985 g/mol. The predicted octanol–water partition coefficient (Wildman–Crippen LogP) is 6.33. The van der Waals surface area contributed by atoms with Gasteiger partial charge in [0.05, 0.1) is 0 Å². The Morgan fingerprint density at radius 1 is 0.372 bits per heavy atom. The Morgan fingerprint density at radius 2 is 0.590 bits per heavy atom. The lowest BCUT2D eigenvalue weighted by Gasteiger charge is -2.28. The van der Waals surface area contributed by atoms with Gasteiger partial charge in [-0.05, 0) is 102 Å². The van der Waals surface area contributed by atoms with E-state index < -0.39 is 0 Å². The highest BCUT2D eigenvalue weighted by Crippen LogP contribution is 2.43. The molecule has 0 aliphatic rings. The van der Waals surface area contributed by atoms with Gasteiger partial charge < -0.3 is 63.1 Å². The Morgan fingerprint density at radius 3 is 0.833 bits per heavy atom. The van der Waals surface area contributed by atoms with Gasteiger partial charge in [0.15, 0.2) is 26.4 Å². The summed E-state index contributed by atoms with van der Waals surface area (Å²) in [4.78, 5) is 53.0. The summed E-state index contributed by atoms with van der Waals surface area (Å²) < 4.78 is 26.4. The van der Waals surface area contributed by atoms with Crippen LogP contribution in [0.1, 0.15) is 157 Å². The minimum Gasteiger partial charge on any atom is -0.483 e. The second kappa shape index (κ2) is 28.6. The maximum absolute atomic E-state index is 13.5. The molecule has 16 nitrogen and oxygen atoms in total. The van der Waals surface area contributed by atoms with E-state index in [2.05, 4.69) is 160 Å². The molecule has 0 fully saturated rings. The fourth-order valence-corrected chi connectivity index (χ4v) is 8.87. The van der Waals surface area contributed by atoms with Crippen LogP contribution in [0.2, 0.25) is 0 Å². The Labute approximate surface area is 465 Å². The molecule has 0 aliphatic heterocycles. The summed E-state index contributed by atoms with van der Waals surface area (Å²) in [6.07, 6.45) is 1.54. The molecule has 0 bridgehead atoms. The smallest absolute Gasteiger partial charge is 0.257 e. The van der Waals surface area contributed by atoms with E-state index in [0.29, 0.717) is 68.4 Å². The minimum absolute atomic E-state index is 0.204. The first-order valence-corrected chi connectivity index (χ1v) is 27.5. The topological polar surface area (TPSA) is 257 Å². The zero-order valence-electron chi connectivity index (χ0n) is 49.5. The number of carbonyl (C=O) groups is 4. The largest absolute Gasteiger partial charge is 0.483 e. The quantitative estimate of drug-likeness (QED) is 0.0326. The van der Waals surface area contributed by atoms with E-state index in [9.17, 15) is 19.2 Å². The minimum atomic E-state index is -0.366. The molecule has 0 heterocycles. The number of amides is 4. The summed E-state index contributed by atoms with van der Waals surface area (Å²) >= 11 is 0. The van der Waals surface area contributed by atoms with E-state index >= 15 is 0 Å². The first-order chi connectivity index (χ1) is 36.5. The summed E-state index contributed by atoms with van der Waals surface area (Å²) in [6.45, 7) is 31.3. The summed E-state index contributed by atoms with van der Waals surface area (Å²) in [7, 11) is 0. The first-order valence-electron chi connectivity index (χ1n) is 27.5. The number of aryl methyl sites for hydroxylation is 2. The third-order valence-electron chi connectivity index (χ3n) is 13.3. The second-order valence-corrected chi connectivity index (χ2v) is 24.2. The number of nitrogens with two attached hydrogens (primary N) is 4. The van der Waals surface area contributed by atoms with E-state index in [4.69, 9.17) is 41.9 Å². The number of hydrogen-bond acceptors (Lipinski definition) is 12. The molecule has 16 heteroatoms. The van der Waals surface area contributed by atoms with Crippen LogP contribution in [0, 0.1) is 6.92 Å². The third kappa shape index (κ3) is 19.0. The van der Waals surface area contributed by atoms with Crippen molar-refractivity contribution in [1.82, 2.24) is 21.3 Å². The van der Waals surface area contributed by atoms with Crippen molar-refractivity contribution in [3.05, 3.63) is 115 Å². The number of ether oxygens (including phenoxy) is 4. The lowest BCUT2D eigenvalue weighted by atomic mass is 9.80. The fourth-order valence-electron chi connectivity index (χ4n) is 8.87. The zero-order chi connectivity index (χ0) is 58.2. The molecule has 0 unspecified atom stereocenters. The van der Waals surface area contributed by atoms with E-state index in [1.54, 1.807) is 0 Å². The summed E-state index contributed by atoms with van der Waals surface area (Å²) in [6, 6.07) is 17.1. The Kier molecular flexibility index (Phi) is 23.6. The van der Waals surface area contributed by atoms with Crippen molar-refractivity contribution in [3.8, 4) is 23.0 Å². The van der Waals surface area contributed by atoms with Crippen LogP contribution in [0.5, 0.6) is 23.0 Å². The monoisotopic (exact) mass is 1080 g/mol. The second-order valence-electron chi connectivity index (χ2n) is 24.2. The number of hydrogen-bond donors (Lipinski definition) is 8. The molecule has 0 radical (unpaired) electrons. The van der Waals surface area contributed by atoms with Crippen LogP contribution in [0.25, 0.3) is 0 Å². The number of carbonyl (C=O) groups excluding carboxylic acids is 4. The average Bonchev–Trinajstić information content (AvgIpc) is 3.36. The molecule has 0 aromatic heterocycles. The van der Waals surface area contributed by atoms with Gasteiger partial charge in [-0.3, -0.25) is 19.2 Å². The maximum Gasteiger partial charge on any atom is 0.257 e. The highest BCUT2D eigenvalue weighted by Gasteiger charge is 2.29. The third-order valence-corrected chi connectivity index (χ3v) is 13.3. The van der Waals surface area contributed by atoms with Crippen molar-refractivity contribution in [2.24, 2.45) is 22.9 Å². The molecule has 12 N–H and O–H groups in total. The zero-order valence-corrected chi connectivity index (χ0v) is 49.5. The molecule has 430 valence electrons. The summed E-state index contributed by atoms with van der Waals surface area (Å²) in [5.74, 6) is 0.953. The van der Waals surface area contributed by atoms with Crippen LogP contribution in [0.3, 0.4) is 0 Å². The standard InChI is InChI=1S/C62H94N8O8/c1-15-40-28-48(60(6,7)8)30-42(56(40)76-36-52(72)68-21-17-64)26-44-32-50(62(12,13)14)34-46(58(44)78-38-54(74)70-23-19-66)27-45-33-49(61(9,10)11)31-43(57(45)77-37-53(73)69-22-18-65)25-41-29-47(59(3,4)5)24-39(2)55(41)75-35-51(71)67-20-16-63/h24,28-34H,15-23,25-27,35-38,63-66H2,1-14H3,(H,67,71)(H,68,72)(H,69,73)(H,70,74). The van der Waals surface area contributed by atoms with Crippen LogP contribution in [-0.2, 0) is 66.5 Å². The van der Waals surface area contributed by atoms with Crippen molar-refractivity contribution in [3.63, 3.8) is 0 Å².